The van der Waals surface area contributed by atoms with Crippen molar-refractivity contribution >= 4 is 34.2 Å². The lowest BCUT2D eigenvalue weighted by atomic mass is 10.1. The Bertz CT molecular complexity index is 1150. The van der Waals surface area contributed by atoms with Gasteiger partial charge in [0.05, 0.1) is 5.56 Å². The van der Waals surface area contributed by atoms with Crippen molar-refractivity contribution in [1.82, 2.24) is 0 Å². The Balaban J connectivity index is 1.95. The second kappa shape index (κ2) is 8.18. The van der Waals surface area contributed by atoms with Gasteiger partial charge in [-0.3, -0.25) is 4.79 Å². The van der Waals surface area contributed by atoms with E-state index in [2.05, 4.69) is 10.2 Å². The van der Waals surface area contributed by atoms with E-state index in [9.17, 15) is 14.4 Å². The van der Waals surface area contributed by atoms with Gasteiger partial charge in [0.1, 0.15) is 11.1 Å². The number of benzene rings is 2. The van der Waals surface area contributed by atoms with Gasteiger partial charge in [-0.25, -0.2) is 9.59 Å². The predicted molar refractivity (Wildman–Crippen MR) is 112 cm³/mol. The predicted octanol–water partition coefficient (Wildman–Crippen LogP) is 3.90. The van der Waals surface area contributed by atoms with E-state index < -0.39 is 17.5 Å². The van der Waals surface area contributed by atoms with E-state index in [0.717, 1.165) is 18.8 Å². The van der Waals surface area contributed by atoms with Crippen molar-refractivity contribution in [3.63, 3.8) is 0 Å². The Morgan fingerprint density at radius 1 is 1.07 bits per heavy atom. The molecule has 1 aromatic heterocycles. The molecular formula is C22H22N2O5. The zero-order chi connectivity index (χ0) is 21.1. The number of carbonyl (C=O) groups excluding carboxylic acids is 1. The summed E-state index contributed by atoms with van der Waals surface area (Å²) < 4.78 is 5.39. The lowest BCUT2D eigenvalue weighted by Gasteiger charge is -2.21. The number of anilines is 2. The van der Waals surface area contributed by atoms with Crippen LogP contribution in [0.2, 0.25) is 0 Å². The van der Waals surface area contributed by atoms with E-state index in [0.29, 0.717) is 22.2 Å². The molecule has 0 fully saturated rings. The standard InChI is InChI=1S/C22H22N2O5/c1-4-24(5-2)16-9-8-14-10-17(22(28)29-19(14)12-16)20(25)23-18-11-15(21(26)27)7-6-13(18)3/h6-12H,4-5H2,1-3H3,(H,23,25)(H,26,27). The van der Waals surface area contributed by atoms with Crippen molar-refractivity contribution in [2.45, 2.75) is 20.8 Å². The van der Waals surface area contributed by atoms with Crippen LogP contribution in [-0.4, -0.2) is 30.1 Å². The molecular weight excluding hydrogens is 372 g/mol. The molecule has 0 saturated heterocycles. The number of aromatic carboxylic acids is 1. The van der Waals surface area contributed by atoms with Crippen LogP contribution >= 0.6 is 0 Å². The average Bonchev–Trinajstić information content (AvgIpc) is 2.69. The summed E-state index contributed by atoms with van der Waals surface area (Å²) >= 11 is 0. The summed E-state index contributed by atoms with van der Waals surface area (Å²) in [5.41, 5.74) is 1.49. The summed E-state index contributed by atoms with van der Waals surface area (Å²) in [5.74, 6) is -1.76. The van der Waals surface area contributed by atoms with Crippen LogP contribution in [0.5, 0.6) is 0 Å². The number of carbonyl (C=O) groups is 2. The van der Waals surface area contributed by atoms with E-state index >= 15 is 0 Å². The molecule has 0 saturated carbocycles. The molecule has 2 N–H and O–H groups in total. The number of nitrogens with zero attached hydrogens (tertiary/aromatic N) is 1. The Morgan fingerprint density at radius 3 is 2.45 bits per heavy atom. The minimum absolute atomic E-state index is 0.0420. The third-order valence-electron chi connectivity index (χ3n) is 4.83. The van der Waals surface area contributed by atoms with Gasteiger partial charge in [0.15, 0.2) is 0 Å². The molecule has 0 spiro atoms. The summed E-state index contributed by atoms with van der Waals surface area (Å²) in [6, 6.07) is 11.4. The average molecular weight is 394 g/mol. The summed E-state index contributed by atoms with van der Waals surface area (Å²) in [6.45, 7) is 7.46. The van der Waals surface area contributed by atoms with Gasteiger partial charge < -0.3 is 19.7 Å². The van der Waals surface area contributed by atoms with Crippen molar-refractivity contribution < 1.29 is 19.1 Å². The first-order chi connectivity index (χ1) is 13.8. The molecule has 0 bridgehead atoms. The highest BCUT2D eigenvalue weighted by atomic mass is 16.4. The molecule has 29 heavy (non-hydrogen) atoms. The van der Waals surface area contributed by atoms with Crippen molar-refractivity contribution in [2.24, 2.45) is 0 Å². The van der Waals surface area contributed by atoms with Gasteiger partial charge in [-0.1, -0.05) is 6.07 Å². The Kier molecular flexibility index (Phi) is 5.68. The highest BCUT2D eigenvalue weighted by Gasteiger charge is 2.16. The summed E-state index contributed by atoms with van der Waals surface area (Å²) in [7, 11) is 0. The molecule has 0 unspecified atom stereocenters. The van der Waals surface area contributed by atoms with Gasteiger partial charge in [0.2, 0.25) is 0 Å². The second-order valence-electron chi connectivity index (χ2n) is 6.63. The lowest BCUT2D eigenvalue weighted by Crippen LogP contribution is -2.22. The van der Waals surface area contributed by atoms with Crippen LogP contribution < -0.4 is 15.8 Å². The largest absolute Gasteiger partial charge is 0.478 e. The molecule has 2 aromatic carbocycles. The van der Waals surface area contributed by atoms with Gasteiger partial charge >= 0.3 is 11.6 Å². The molecule has 0 aliphatic rings. The molecule has 7 heteroatoms. The van der Waals surface area contributed by atoms with Gasteiger partial charge in [-0.15, -0.1) is 0 Å². The Labute approximate surface area is 167 Å². The van der Waals surface area contributed by atoms with E-state index in [1.807, 2.05) is 19.9 Å². The first kappa shape index (κ1) is 20.1. The molecule has 3 aromatic rings. The highest BCUT2D eigenvalue weighted by molar-refractivity contribution is 6.06. The number of aryl methyl sites for hydroxylation is 1. The molecule has 0 atom stereocenters. The maximum absolute atomic E-state index is 12.7. The second-order valence-corrected chi connectivity index (χ2v) is 6.63. The summed E-state index contributed by atoms with van der Waals surface area (Å²) in [5, 5.41) is 12.4. The topological polar surface area (TPSA) is 99.9 Å². The Hall–Kier alpha value is -3.61. The number of fused-ring (bicyclic) bond motifs is 1. The molecule has 1 heterocycles. The number of amides is 1. The van der Waals surface area contributed by atoms with Crippen LogP contribution in [0.4, 0.5) is 11.4 Å². The maximum atomic E-state index is 12.7. The molecule has 0 radical (unpaired) electrons. The van der Waals surface area contributed by atoms with Crippen LogP contribution in [0.3, 0.4) is 0 Å². The van der Waals surface area contributed by atoms with Crippen LogP contribution in [0.15, 0.2) is 51.7 Å². The smallest absolute Gasteiger partial charge is 0.349 e. The van der Waals surface area contributed by atoms with Gasteiger partial charge in [-0.05, 0) is 56.7 Å². The van der Waals surface area contributed by atoms with Crippen LogP contribution in [-0.2, 0) is 0 Å². The zero-order valence-corrected chi connectivity index (χ0v) is 16.5. The number of carboxylic acids is 1. The summed E-state index contributed by atoms with van der Waals surface area (Å²) in [6.07, 6.45) is 0. The number of hydrogen-bond acceptors (Lipinski definition) is 5. The van der Waals surface area contributed by atoms with Gasteiger partial charge in [0.25, 0.3) is 5.91 Å². The normalized spacial score (nSPS) is 10.7. The first-order valence-electron chi connectivity index (χ1n) is 9.32. The molecule has 150 valence electrons. The number of rotatable bonds is 6. The minimum atomic E-state index is -1.10. The summed E-state index contributed by atoms with van der Waals surface area (Å²) in [4.78, 5) is 38.3. The molecule has 7 nitrogen and oxygen atoms in total. The monoisotopic (exact) mass is 394 g/mol. The van der Waals surface area contributed by atoms with Crippen molar-refractivity contribution in [2.75, 3.05) is 23.3 Å². The van der Waals surface area contributed by atoms with E-state index in [-0.39, 0.29) is 11.1 Å². The number of hydrogen-bond donors (Lipinski definition) is 2. The Morgan fingerprint density at radius 2 is 1.79 bits per heavy atom. The fourth-order valence-electron chi connectivity index (χ4n) is 3.12. The molecule has 0 aliphatic carbocycles. The van der Waals surface area contributed by atoms with Crippen molar-refractivity contribution in [3.8, 4) is 0 Å². The fourth-order valence-corrected chi connectivity index (χ4v) is 3.12. The third-order valence-corrected chi connectivity index (χ3v) is 4.83. The van der Waals surface area contributed by atoms with Crippen molar-refractivity contribution in [3.05, 3.63) is 69.6 Å². The maximum Gasteiger partial charge on any atom is 0.349 e. The molecule has 0 aliphatic heterocycles. The number of nitrogens with one attached hydrogen (secondary N) is 1. The first-order valence-corrected chi connectivity index (χ1v) is 9.32. The van der Waals surface area contributed by atoms with Crippen LogP contribution in [0.25, 0.3) is 11.0 Å². The van der Waals surface area contributed by atoms with Crippen LogP contribution in [0.1, 0.15) is 40.1 Å². The fraction of sp³-hybridized carbons (Fsp3) is 0.227. The third kappa shape index (κ3) is 4.13. The highest BCUT2D eigenvalue weighted by Crippen LogP contribution is 2.23. The van der Waals surface area contributed by atoms with Gasteiger partial charge in [-0.2, -0.15) is 0 Å². The minimum Gasteiger partial charge on any atom is -0.478 e. The van der Waals surface area contributed by atoms with Gasteiger partial charge in [0, 0.05) is 35.9 Å². The quantitative estimate of drug-likeness (QED) is 0.615. The lowest BCUT2D eigenvalue weighted by molar-refractivity contribution is 0.0696. The SMILES string of the molecule is CCN(CC)c1ccc2cc(C(=O)Nc3cc(C(=O)O)ccc3C)c(=O)oc2c1. The van der Waals surface area contributed by atoms with E-state index in [1.54, 1.807) is 25.1 Å². The zero-order valence-electron chi connectivity index (χ0n) is 16.5. The van der Waals surface area contributed by atoms with Crippen LogP contribution in [0, 0.1) is 6.92 Å². The van der Waals surface area contributed by atoms with E-state index in [4.69, 9.17) is 9.52 Å². The van der Waals surface area contributed by atoms with Crippen molar-refractivity contribution in [1.29, 1.82) is 0 Å². The number of carboxylic acid groups (broad SMARTS) is 1. The molecule has 3 rings (SSSR count). The molecule has 1 amide bonds. The van der Waals surface area contributed by atoms with E-state index in [1.165, 1.54) is 18.2 Å².